The van der Waals surface area contributed by atoms with Crippen LogP contribution in [0, 0.1) is 19.3 Å². The van der Waals surface area contributed by atoms with E-state index in [0.29, 0.717) is 33.4 Å². The maximum Gasteiger partial charge on any atom is 0.350 e. The van der Waals surface area contributed by atoms with Crippen LogP contribution in [0.1, 0.15) is 5.69 Å². The Kier molecular flexibility index (Phi) is 4.41. The lowest BCUT2D eigenvalue weighted by atomic mass is 10.1. The number of thioether (sulfide) groups is 1. The quantitative estimate of drug-likeness (QED) is 0.549. The van der Waals surface area contributed by atoms with E-state index in [4.69, 9.17) is 6.42 Å². The number of benzene rings is 1. The van der Waals surface area contributed by atoms with Crippen LogP contribution < -0.4 is 5.69 Å². The molecule has 0 amide bonds. The first-order valence-electron chi connectivity index (χ1n) is 7.17. The van der Waals surface area contributed by atoms with Gasteiger partial charge in [-0.2, -0.15) is 9.61 Å². The molecule has 0 saturated carbocycles. The molecule has 0 fully saturated rings. The Morgan fingerprint density at radius 2 is 2.16 bits per heavy atom. The molecule has 0 unspecified atom stereocenters. The zero-order valence-electron chi connectivity index (χ0n) is 13.5. The SMILES string of the molecule is C#CCSc1nc2c(-c3cccc(S(C)(=O)=O)c3)c(C)nn2c(=O)[nH]1. The average Bonchev–Trinajstić information content (AvgIpc) is 2.89. The van der Waals surface area contributed by atoms with Crippen molar-refractivity contribution in [2.45, 2.75) is 17.0 Å². The van der Waals surface area contributed by atoms with Gasteiger partial charge in [0.15, 0.2) is 20.6 Å². The summed E-state index contributed by atoms with van der Waals surface area (Å²) in [6, 6.07) is 6.48. The Labute approximate surface area is 148 Å². The van der Waals surface area contributed by atoms with Gasteiger partial charge in [-0.25, -0.2) is 18.2 Å². The molecule has 2 heterocycles. The van der Waals surface area contributed by atoms with Crippen molar-refractivity contribution in [3.63, 3.8) is 0 Å². The van der Waals surface area contributed by atoms with Gasteiger partial charge in [-0.15, -0.1) is 6.42 Å². The van der Waals surface area contributed by atoms with Crippen LogP contribution in [0.25, 0.3) is 16.8 Å². The highest BCUT2D eigenvalue weighted by Crippen LogP contribution is 2.28. The number of aromatic nitrogens is 4. The molecule has 0 saturated heterocycles. The highest BCUT2D eigenvalue weighted by Gasteiger charge is 2.18. The zero-order valence-corrected chi connectivity index (χ0v) is 15.1. The number of fused-ring (bicyclic) bond motifs is 1. The molecular formula is C16H14N4O3S2. The van der Waals surface area contributed by atoms with Crippen molar-refractivity contribution in [3.8, 4) is 23.5 Å². The van der Waals surface area contributed by atoms with Crippen molar-refractivity contribution < 1.29 is 8.42 Å². The predicted molar refractivity (Wildman–Crippen MR) is 96.4 cm³/mol. The second kappa shape index (κ2) is 6.38. The highest BCUT2D eigenvalue weighted by atomic mass is 32.2. The molecule has 1 N–H and O–H groups in total. The lowest BCUT2D eigenvalue weighted by Gasteiger charge is -2.04. The van der Waals surface area contributed by atoms with E-state index in [0.717, 1.165) is 10.8 Å². The number of terminal acetylenes is 1. The Morgan fingerprint density at radius 3 is 2.84 bits per heavy atom. The van der Waals surface area contributed by atoms with Crippen molar-refractivity contribution in [2.75, 3.05) is 12.0 Å². The first-order chi connectivity index (χ1) is 11.8. The summed E-state index contributed by atoms with van der Waals surface area (Å²) < 4.78 is 24.8. The topological polar surface area (TPSA) is 97.2 Å². The monoisotopic (exact) mass is 374 g/mol. The number of nitrogens with zero attached hydrogens (tertiary/aromatic N) is 3. The van der Waals surface area contributed by atoms with E-state index in [1.807, 2.05) is 0 Å². The molecule has 9 heteroatoms. The number of aromatic amines is 1. The third-order valence-corrected chi connectivity index (χ3v) is 5.38. The van der Waals surface area contributed by atoms with Crippen LogP contribution in [0.4, 0.5) is 0 Å². The van der Waals surface area contributed by atoms with Crippen LogP contribution in [0.5, 0.6) is 0 Å². The maximum atomic E-state index is 12.2. The number of hydrogen-bond acceptors (Lipinski definition) is 6. The van der Waals surface area contributed by atoms with E-state index in [-0.39, 0.29) is 4.90 Å². The van der Waals surface area contributed by atoms with Gasteiger partial charge in [0.05, 0.1) is 16.3 Å². The molecule has 128 valence electrons. The number of nitrogens with one attached hydrogen (secondary N) is 1. The molecule has 1 aromatic carbocycles. The average molecular weight is 374 g/mol. The van der Waals surface area contributed by atoms with Crippen LogP contribution in [-0.2, 0) is 9.84 Å². The van der Waals surface area contributed by atoms with Crippen LogP contribution in [0.2, 0.25) is 0 Å². The van der Waals surface area contributed by atoms with Gasteiger partial charge in [0.2, 0.25) is 0 Å². The summed E-state index contributed by atoms with van der Waals surface area (Å²) >= 11 is 1.23. The van der Waals surface area contributed by atoms with Crippen molar-refractivity contribution in [2.24, 2.45) is 0 Å². The van der Waals surface area contributed by atoms with Gasteiger partial charge < -0.3 is 0 Å². The third-order valence-electron chi connectivity index (χ3n) is 3.49. The fraction of sp³-hybridized carbons (Fsp3) is 0.188. The van der Waals surface area contributed by atoms with E-state index >= 15 is 0 Å². The molecule has 0 bridgehead atoms. The number of rotatable bonds is 4. The molecule has 0 atom stereocenters. The summed E-state index contributed by atoms with van der Waals surface area (Å²) in [7, 11) is -3.35. The standard InChI is InChI=1S/C16H14N4O3S2/c1-4-8-24-15-17-14-13(10(2)19-20(14)16(21)18-15)11-6-5-7-12(9-11)25(3,22)23/h1,5-7,9H,8H2,2-3H3,(H,17,18,21). The number of aryl methyl sites for hydroxylation is 1. The number of hydrogen-bond donors (Lipinski definition) is 1. The van der Waals surface area contributed by atoms with Gasteiger partial charge in [0, 0.05) is 11.8 Å². The van der Waals surface area contributed by atoms with Crippen LogP contribution >= 0.6 is 11.8 Å². The van der Waals surface area contributed by atoms with Crippen molar-refractivity contribution in [3.05, 3.63) is 40.4 Å². The fourth-order valence-electron chi connectivity index (χ4n) is 2.43. The van der Waals surface area contributed by atoms with E-state index in [1.165, 1.54) is 17.8 Å². The van der Waals surface area contributed by atoms with Gasteiger partial charge in [0.25, 0.3) is 0 Å². The van der Waals surface area contributed by atoms with Crippen molar-refractivity contribution >= 4 is 27.2 Å². The highest BCUT2D eigenvalue weighted by molar-refractivity contribution is 7.99. The van der Waals surface area contributed by atoms with E-state index in [2.05, 4.69) is 21.0 Å². The Morgan fingerprint density at radius 1 is 1.40 bits per heavy atom. The molecule has 3 rings (SSSR count). The van der Waals surface area contributed by atoms with Gasteiger partial charge in [0.1, 0.15) is 0 Å². The lowest BCUT2D eigenvalue weighted by Crippen LogP contribution is -2.19. The largest absolute Gasteiger partial charge is 0.350 e. The molecule has 0 aliphatic rings. The zero-order chi connectivity index (χ0) is 18.2. The summed E-state index contributed by atoms with van der Waals surface area (Å²) in [4.78, 5) is 19.5. The summed E-state index contributed by atoms with van der Waals surface area (Å²) in [5.41, 5.74) is 1.73. The Hall–Kier alpha value is -2.57. The molecular weight excluding hydrogens is 360 g/mol. The Bertz CT molecular complexity index is 1170. The summed E-state index contributed by atoms with van der Waals surface area (Å²) in [5, 5.41) is 4.60. The molecule has 3 aromatic rings. The van der Waals surface area contributed by atoms with E-state index in [1.54, 1.807) is 25.1 Å². The first-order valence-corrected chi connectivity index (χ1v) is 10.1. The second-order valence-electron chi connectivity index (χ2n) is 5.34. The third kappa shape index (κ3) is 3.31. The fourth-order valence-corrected chi connectivity index (χ4v) is 3.62. The van der Waals surface area contributed by atoms with Crippen molar-refractivity contribution in [1.82, 2.24) is 19.6 Å². The molecule has 25 heavy (non-hydrogen) atoms. The molecule has 0 spiro atoms. The first kappa shape index (κ1) is 17.3. The predicted octanol–water partition coefficient (Wildman–Crippen LogP) is 1.52. The van der Waals surface area contributed by atoms with Gasteiger partial charge >= 0.3 is 5.69 Å². The van der Waals surface area contributed by atoms with E-state index in [9.17, 15) is 13.2 Å². The van der Waals surface area contributed by atoms with Crippen LogP contribution in [0.3, 0.4) is 0 Å². The number of sulfone groups is 1. The molecule has 0 aliphatic heterocycles. The molecule has 0 radical (unpaired) electrons. The summed E-state index contributed by atoms with van der Waals surface area (Å²) in [6.07, 6.45) is 6.39. The molecule has 0 aliphatic carbocycles. The minimum Gasteiger partial charge on any atom is -0.285 e. The smallest absolute Gasteiger partial charge is 0.285 e. The number of H-pyrrole nitrogens is 1. The Balaban J connectivity index is 2.26. The van der Waals surface area contributed by atoms with Gasteiger partial charge in [-0.1, -0.05) is 29.8 Å². The molecule has 2 aromatic heterocycles. The van der Waals surface area contributed by atoms with Gasteiger partial charge in [-0.3, -0.25) is 4.98 Å². The van der Waals surface area contributed by atoms with Crippen LogP contribution in [-0.4, -0.2) is 40.0 Å². The second-order valence-corrected chi connectivity index (χ2v) is 8.32. The maximum absolute atomic E-state index is 12.2. The lowest BCUT2D eigenvalue weighted by molar-refractivity contribution is 0.602. The summed E-state index contributed by atoms with van der Waals surface area (Å²) in [5.74, 6) is 2.84. The normalized spacial score (nSPS) is 11.6. The van der Waals surface area contributed by atoms with E-state index < -0.39 is 15.5 Å². The minimum atomic E-state index is -3.35. The summed E-state index contributed by atoms with van der Waals surface area (Å²) in [6.45, 7) is 1.74. The minimum absolute atomic E-state index is 0.190. The van der Waals surface area contributed by atoms with Crippen molar-refractivity contribution in [1.29, 1.82) is 0 Å². The van der Waals surface area contributed by atoms with Crippen LogP contribution in [0.15, 0.2) is 39.1 Å². The van der Waals surface area contributed by atoms with Gasteiger partial charge in [-0.05, 0) is 24.6 Å². The molecule has 7 nitrogen and oxygen atoms in total.